The van der Waals surface area contributed by atoms with Gasteiger partial charge in [-0.1, -0.05) is 30.3 Å². The molecule has 0 radical (unpaired) electrons. The van der Waals surface area contributed by atoms with Crippen LogP contribution in [0.25, 0.3) is 0 Å². The van der Waals surface area contributed by atoms with E-state index in [9.17, 15) is 9.59 Å². The molecule has 5 nitrogen and oxygen atoms in total. The number of fused-ring (bicyclic) bond motifs is 1. The van der Waals surface area contributed by atoms with E-state index in [2.05, 4.69) is 5.32 Å². The average molecular weight is 296 g/mol. The fourth-order valence-corrected chi connectivity index (χ4v) is 2.40. The lowest BCUT2D eigenvalue weighted by atomic mass is 10.1. The number of amides is 2. The van der Waals surface area contributed by atoms with E-state index in [4.69, 9.17) is 4.74 Å². The van der Waals surface area contributed by atoms with Crippen LogP contribution in [0.5, 0.6) is 5.75 Å². The minimum atomic E-state index is -0.679. The lowest BCUT2D eigenvalue weighted by molar-refractivity contribution is -0.126. The summed E-state index contributed by atoms with van der Waals surface area (Å²) in [4.78, 5) is 25.9. The van der Waals surface area contributed by atoms with E-state index < -0.39 is 6.10 Å². The van der Waals surface area contributed by atoms with Crippen LogP contribution in [-0.2, 0) is 9.59 Å². The topological polar surface area (TPSA) is 58.6 Å². The smallest absolute Gasteiger partial charge is 0.268 e. The number of ether oxygens (including phenoxy) is 1. The van der Waals surface area contributed by atoms with Crippen LogP contribution in [0.4, 0.5) is 11.4 Å². The van der Waals surface area contributed by atoms with E-state index in [1.54, 1.807) is 25.1 Å². The molecule has 1 unspecified atom stereocenters. The van der Waals surface area contributed by atoms with Crippen LogP contribution in [0.15, 0.2) is 54.6 Å². The van der Waals surface area contributed by atoms with E-state index in [0.29, 0.717) is 17.1 Å². The lowest BCUT2D eigenvalue weighted by Gasteiger charge is -2.31. The van der Waals surface area contributed by atoms with Gasteiger partial charge in [-0.2, -0.15) is 0 Å². The third-order valence-electron chi connectivity index (χ3n) is 3.44. The SMILES string of the molecule is CC(Oc1ccccc1)C(=O)N1CC(=O)Nc2ccccc21. The summed E-state index contributed by atoms with van der Waals surface area (Å²) in [6, 6.07) is 16.4. The highest BCUT2D eigenvalue weighted by molar-refractivity contribution is 6.10. The van der Waals surface area contributed by atoms with Gasteiger partial charge in [-0.25, -0.2) is 0 Å². The number of para-hydroxylation sites is 3. The van der Waals surface area contributed by atoms with Gasteiger partial charge in [0.05, 0.1) is 11.4 Å². The molecule has 1 aliphatic rings. The Balaban J connectivity index is 1.81. The van der Waals surface area contributed by atoms with Gasteiger partial charge in [0.1, 0.15) is 12.3 Å². The maximum Gasteiger partial charge on any atom is 0.268 e. The predicted molar refractivity (Wildman–Crippen MR) is 84.0 cm³/mol. The number of benzene rings is 2. The van der Waals surface area contributed by atoms with Gasteiger partial charge >= 0.3 is 0 Å². The van der Waals surface area contributed by atoms with Gasteiger partial charge in [0.15, 0.2) is 6.10 Å². The molecule has 112 valence electrons. The van der Waals surface area contributed by atoms with Crippen molar-refractivity contribution in [1.82, 2.24) is 0 Å². The zero-order valence-corrected chi connectivity index (χ0v) is 12.2. The summed E-state index contributed by atoms with van der Waals surface area (Å²) in [6.45, 7) is 1.68. The minimum Gasteiger partial charge on any atom is -0.481 e. The first-order chi connectivity index (χ1) is 10.6. The summed E-state index contributed by atoms with van der Waals surface area (Å²) in [7, 11) is 0. The highest BCUT2D eigenvalue weighted by Gasteiger charge is 2.30. The van der Waals surface area contributed by atoms with Crippen LogP contribution >= 0.6 is 0 Å². The highest BCUT2D eigenvalue weighted by Crippen LogP contribution is 2.29. The molecule has 0 aromatic heterocycles. The third kappa shape index (κ3) is 2.79. The van der Waals surface area contributed by atoms with Crippen molar-refractivity contribution in [3.8, 4) is 5.75 Å². The summed E-state index contributed by atoms with van der Waals surface area (Å²) in [5.74, 6) is 0.170. The molecule has 1 heterocycles. The molecule has 0 spiro atoms. The Bertz CT molecular complexity index is 700. The predicted octanol–water partition coefficient (Wildman–Crippen LogP) is 2.44. The number of carbonyl (C=O) groups is 2. The monoisotopic (exact) mass is 296 g/mol. The second-order valence-corrected chi connectivity index (χ2v) is 5.06. The van der Waals surface area contributed by atoms with Crippen LogP contribution in [0.3, 0.4) is 0 Å². The van der Waals surface area contributed by atoms with Crippen molar-refractivity contribution < 1.29 is 14.3 Å². The fourth-order valence-electron chi connectivity index (χ4n) is 2.40. The Hall–Kier alpha value is -2.82. The molecule has 2 amide bonds. The third-order valence-corrected chi connectivity index (χ3v) is 3.44. The maximum absolute atomic E-state index is 12.6. The molecule has 5 heteroatoms. The molecule has 1 aliphatic heterocycles. The highest BCUT2D eigenvalue weighted by atomic mass is 16.5. The molecule has 3 rings (SSSR count). The first kappa shape index (κ1) is 14.1. The fraction of sp³-hybridized carbons (Fsp3) is 0.176. The van der Waals surface area contributed by atoms with Gasteiger partial charge in [-0.3, -0.25) is 14.5 Å². The van der Waals surface area contributed by atoms with Crippen molar-refractivity contribution in [3.05, 3.63) is 54.6 Å². The van der Waals surface area contributed by atoms with Gasteiger partial charge in [0, 0.05) is 0 Å². The number of nitrogens with zero attached hydrogens (tertiary/aromatic N) is 1. The molecular formula is C17H16N2O3. The van der Waals surface area contributed by atoms with Crippen molar-refractivity contribution in [2.75, 3.05) is 16.8 Å². The molecule has 2 aromatic rings. The first-order valence-corrected chi connectivity index (χ1v) is 7.07. The van der Waals surface area contributed by atoms with Crippen LogP contribution < -0.4 is 15.0 Å². The number of nitrogens with one attached hydrogen (secondary N) is 1. The standard InChI is InChI=1S/C17H16N2O3/c1-12(22-13-7-3-2-4-8-13)17(21)19-11-16(20)18-14-9-5-6-10-15(14)19/h2-10,12H,11H2,1H3,(H,18,20). The van der Waals surface area contributed by atoms with Gasteiger partial charge in [0.25, 0.3) is 5.91 Å². The number of anilines is 2. The Labute approximate surface area is 128 Å². The number of carbonyl (C=O) groups excluding carboxylic acids is 2. The van der Waals surface area contributed by atoms with Crippen molar-refractivity contribution >= 4 is 23.2 Å². The molecule has 0 saturated carbocycles. The van der Waals surface area contributed by atoms with Crippen molar-refractivity contribution in [3.63, 3.8) is 0 Å². The van der Waals surface area contributed by atoms with Crippen molar-refractivity contribution in [2.45, 2.75) is 13.0 Å². The first-order valence-electron chi connectivity index (χ1n) is 7.07. The summed E-state index contributed by atoms with van der Waals surface area (Å²) in [5.41, 5.74) is 1.33. The second-order valence-electron chi connectivity index (χ2n) is 5.06. The van der Waals surface area contributed by atoms with E-state index >= 15 is 0 Å². The van der Waals surface area contributed by atoms with E-state index in [-0.39, 0.29) is 18.4 Å². The van der Waals surface area contributed by atoms with E-state index in [1.807, 2.05) is 36.4 Å². The minimum absolute atomic E-state index is 0.00165. The molecule has 0 saturated heterocycles. The molecule has 0 fully saturated rings. The molecular weight excluding hydrogens is 280 g/mol. The van der Waals surface area contributed by atoms with E-state index in [1.165, 1.54) is 4.90 Å². The van der Waals surface area contributed by atoms with Gasteiger partial charge in [-0.05, 0) is 31.2 Å². The summed E-state index contributed by atoms with van der Waals surface area (Å²) in [6.07, 6.45) is -0.679. The summed E-state index contributed by atoms with van der Waals surface area (Å²) >= 11 is 0. The molecule has 2 aromatic carbocycles. The molecule has 1 N–H and O–H groups in total. The quantitative estimate of drug-likeness (QED) is 0.946. The van der Waals surface area contributed by atoms with Crippen molar-refractivity contribution in [2.24, 2.45) is 0 Å². The molecule has 22 heavy (non-hydrogen) atoms. The molecule has 1 atom stereocenters. The molecule has 0 bridgehead atoms. The van der Waals surface area contributed by atoms with Crippen LogP contribution in [0.1, 0.15) is 6.92 Å². The normalized spacial score (nSPS) is 14.8. The Morgan fingerprint density at radius 3 is 2.59 bits per heavy atom. The van der Waals surface area contributed by atoms with Gasteiger partial charge in [-0.15, -0.1) is 0 Å². The Kier molecular flexibility index (Phi) is 3.78. The zero-order chi connectivity index (χ0) is 15.5. The van der Waals surface area contributed by atoms with Gasteiger partial charge in [0.2, 0.25) is 5.91 Å². The van der Waals surface area contributed by atoms with Crippen LogP contribution in [-0.4, -0.2) is 24.5 Å². The number of hydrogen-bond acceptors (Lipinski definition) is 3. The number of hydrogen-bond donors (Lipinski definition) is 1. The maximum atomic E-state index is 12.6. The van der Waals surface area contributed by atoms with Crippen LogP contribution in [0.2, 0.25) is 0 Å². The Morgan fingerprint density at radius 1 is 1.14 bits per heavy atom. The van der Waals surface area contributed by atoms with E-state index in [0.717, 1.165) is 0 Å². The van der Waals surface area contributed by atoms with Crippen LogP contribution in [0, 0.1) is 0 Å². The Morgan fingerprint density at radius 2 is 1.82 bits per heavy atom. The van der Waals surface area contributed by atoms with Gasteiger partial charge < -0.3 is 10.1 Å². The largest absolute Gasteiger partial charge is 0.481 e. The lowest BCUT2D eigenvalue weighted by Crippen LogP contribution is -2.47. The summed E-state index contributed by atoms with van der Waals surface area (Å²) in [5, 5.41) is 2.76. The summed E-state index contributed by atoms with van der Waals surface area (Å²) < 4.78 is 5.66. The number of rotatable bonds is 3. The zero-order valence-electron chi connectivity index (χ0n) is 12.2. The van der Waals surface area contributed by atoms with Crippen molar-refractivity contribution in [1.29, 1.82) is 0 Å². The molecule has 0 aliphatic carbocycles. The second kappa shape index (κ2) is 5.89. The average Bonchev–Trinajstić information content (AvgIpc) is 2.54.